The maximum absolute atomic E-state index is 12.3. The highest BCUT2D eigenvalue weighted by Crippen LogP contribution is 2.28. The van der Waals surface area contributed by atoms with E-state index >= 15 is 0 Å². The molecule has 0 unspecified atom stereocenters. The molecule has 2 amide bonds. The van der Waals surface area contributed by atoms with Crippen molar-refractivity contribution in [2.75, 3.05) is 5.32 Å². The number of nitrogens with one attached hydrogen (secondary N) is 2. The summed E-state index contributed by atoms with van der Waals surface area (Å²) in [5.41, 5.74) is 2.34. The zero-order valence-electron chi connectivity index (χ0n) is 14.7. The number of hydrogen-bond acceptors (Lipinski definition) is 3. The highest BCUT2D eigenvalue weighted by Gasteiger charge is 2.12. The molecular weight excluding hydrogens is 344 g/mol. The fourth-order valence-corrected chi connectivity index (χ4v) is 3.37. The first-order valence-electron chi connectivity index (χ1n) is 8.40. The molecule has 2 N–H and O–H groups in total. The molecule has 0 aliphatic rings. The monoisotopic (exact) mass is 364 g/mol. The van der Waals surface area contributed by atoms with Crippen LogP contribution in [0, 0.1) is 0 Å². The van der Waals surface area contributed by atoms with Gasteiger partial charge in [-0.2, -0.15) is 0 Å². The van der Waals surface area contributed by atoms with E-state index in [1.165, 1.54) is 11.3 Å². The molecule has 5 heteroatoms. The summed E-state index contributed by atoms with van der Waals surface area (Å²) in [4.78, 5) is 26.0. The van der Waals surface area contributed by atoms with Crippen molar-refractivity contribution >= 4 is 28.8 Å². The van der Waals surface area contributed by atoms with Crippen molar-refractivity contribution < 1.29 is 9.59 Å². The van der Waals surface area contributed by atoms with Gasteiger partial charge in [0.1, 0.15) is 0 Å². The van der Waals surface area contributed by atoms with Gasteiger partial charge >= 0.3 is 0 Å². The first kappa shape index (κ1) is 17.9. The number of anilines is 1. The summed E-state index contributed by atoms with van der Waals surface area (Å²) in [6.45, 7) is 3.87. The van der Waals surface area contributed by atoms with Crippen molar-refractivity contribution in [3.05, 3.63) is 77.2 Å². The molecule has 0 bridgehead atoms. The van der Waals surface area contributed by atoms with Gasteiger partial charge in [-0.15, -0.1) is 11.3 Å². The highest BCUT2D eigenvalue weighted by molar-refractivity contribution is 7.17. The number of hydrogen-bond donors (Lipinski definition) is 2. The van der Waals surface area contributed by atoms with Gasteiger partial charge in [-0.25, -0.2) is 0 Å². The number of para-hydroxylation sites is 1. The molecule has 1 heterocycles. The molecule has 1 aromatic heterocycles. The van der Waals surface area contributed by atoms with Crippen molar-refractivity contribution in [1.29, 1.82) is 0 Å². The average Bonchev–Trinajstić information content (AvgIpc) is 3.12. The van der Waals surface area contributed by atoms with Crippen LogP contribution in [0.1, 0.15) is 33.9 Å². The maximum atomic E-state index is 12.3. The predicted molar refractivity (Wildman–Crippen MR) is 107 cm³/mol. The summed E-state index contributed by atoms with van der Waals surface area (Å²) in [6.07, 6.45) is 0. The van der Waals surface area contributed by atoms with Crippen molar-refractivity contribution in [1.82, 2.24) is 5.32 Å². The van der Waals surface area contributed by atoms with Gasteiger partial charge in [-0.3, -0.25) is 9.59 Å². The molecule has 26 heavy (non-hydrogen) atoms. The predicted octanol–water partition coefficient (Wildman–Crippen LogP) is 4.81. The van der Waals surface area contributed by atoms with Gasteiger partial charge in [-0.1, -0.05) is 30.3 Å². The molecule has 3 rings (SSSR count). The molecule has 0 spiro atoms. The third-order valence-electron chi connectivity index (χ3n) is 3.71. The second-order valence-corrected chi connectivity index (χ2v) is 7.27. The Hall–Kier alpha value is -2.92. The summed E-state index contributed by atoms with van der Waals surface area (Å²) in [5, 5.41) is 5.75. The SMILES string of the molecule is CC(C)NC(=O)c1ccc(-c2ccc(C(=O)Nc3ccccc3)cc2)s1. The molecule has 0 atom stereocenters. The van der Waals surface area contributed by atoms with E-state index in [9.17, 15) is 9.59 Å². The Morgan fingerprint density at radius 3 is 2.19 bits per heavy atom. The summed E-state index contributed by atoms with van der Waals surface area (Å²) in [6, 6.07) is 20.6. The second kappa shape index (κ2) is 7.97. The van der Waals surface area contributed by atoms with Crippen LogP contribution in [0.25, 0.3) is 10.4 Å². The largest absolute Gasteiger partial charge is 0.349 e. The van der Waals surface area contributed by atoms with E-state index in [1.807, 2.05) is 68.4 Å². The van der Waals surface area contributed by atoms with Crippen molar-refractivity contribution in [3.8, 4) is 10.4 Å². The smallest absolute Gasteiger partial charge is 0.261 e. The Morgan fingerprint density at radius 1 is 0.846 bits per heavy atom. The first-order valence-corrected chi connectivity index (χ1v) is 9.22. The molecule has 0 fully saturated rings. The van der Waals surface area contributed by atoms with E-state index < -0.39 is 0 Å². The Morgan fingerprint density at radius 2 is 1.54 bits per heavy atom. The van der Waals surface area contributed by atoms with E-state index in [2.05, 4.69) is 10.6 Å². The zero-order valence-corrected chi connectivity index (χ0v) is 15.5. The van der Waals surface area contributed by atoms with Crippen molar-refractivity contribution in [2.24, 2.45) is 0 Å². The standard InChI is InChI=1S/C21H20N2O2S/c1-14(2)22-21(25)19-13-12-18(26-19)15-8-10-16(11-9-15)20(24)23-17-6-4-3-5-7-17/h3-14H,1-2H3,(H,22,25)(H,23,24). The molecular formula is C21H20N2O2S. The van der Waals surface area contributed by atoms with E-state index in [0.29, 0.717) is 10.4 Å². The molecule has 0 radical (unpaired) electrons. The average molecular weight is 364 g/mol. The van der Waals surface area contributed by atoms with Crippen LogP contribution < -0.4 is 10.6 Å². The second-order valence-electron chi connectivity index (χ2n) is 6.19. The normalized spacial score (nSPS) is 10.6. The van der Waals surface area contributed by atoms with Crippen LogP contribution in [0.15, 0.2) is 66.7 Å². The van der Waals surface area contributed by atoms with Crippen molar-refractivity contribution in [3.63, 3.8) is 0 Å². The lowest BCUT2D eigenvalue weighted by Gasteiger charge is -2.06. The van der Waals surface area contributed by atoms with Gasteiger partial charge in [0, 0.05) is 22.2 Å². The third-order valence-corrected chi connectivity index (χ3v) is 4.85. The Labute approximate surface area is 156 Å². The van der Waals surface area contributed by atoms with Gasteiger partial charge in [-0.05, 0) is 55.8 Å². The van der Waals surface area contributed by atoms with Gasteiger partial charge in [0.2, 0.25) is 0 Å². The Balaban J connectivity index is 1.71. The lowest BCUT2D eigenvalue weighted by atomic mass is 10.1. The van der Waals surface area contributed by atoms with Gasteiger partial charge in [0.15, 0.2) is 0 Å². The topological polar surface area (TPSA) is 58.2 Å². The number of benzene rings is 2. The summed E-state index contributed by atoms with van der Waals surface area (Å²) < 4.78 is 0. The maximum Gasteiger partial charge on any atom is 0.261 e. The van der Waals surface area contributed by atoms with Crippen LogP contribution in [0.2, 0.25) is 0 Å². The first-order chi connectivity index (χ1) is 12.5. The van der Waals surface area contributed by atoms with E-state index in [0.717, 1.165) is 16.1 Å². The minimum absolute atomic E-state index is 0.0601. The minimum atomic E-state index is -0.147. The third kappa shape index (κ3) is 4.37. The summed E-state index contributed by atoms with van der Waals surface area (Å²) in [7, 11) is 0. The van der Waals surface area contributed by atoms with E-state index in [4.69, 9.17) is 0 Å². The summed E-state index contributed by atoms with van der Waals surface area (Å²) >= 11 is 1.44. The molecule has 2 aromatic carbocycles. The number of thiophene rings is 1. The number of carbonyl (C=O) groups excluding carboxylic acids is 2. The molecule has 3 aromatic rings. The molecule has 0 saturated carbocycles. The highest BCUT2D eigenvalue weighted by atomic mass is 32.1. The molecule has 4 nitrogen and oxygen atoms in total. The van der Waals surface area contributed by atoms with Crippen LogP contribution in [-0.2, 0) is 0 Å². The molecule has 0 saturated heterocycles. The Bertz CT molecular complexity index is 899. The number of amides is 2. The van der Waals surface area contributed by atoms with Crippen LogP contribution in [-0.4, -0.2) is 17.9 Å². The van der Waals surface area contributed by atoms with Crippen LogP contribution in [0.3, 0.4) is 0 Å². The lowest BCUT2D eigenvalue weighted by Crippen LogP contribution is -2.29. The number of rotatable bonds is 5. The zero-order chi connectivity index (χ0) is 18.5. The molecule has 132 valence electrons. The fraction of sp³-hybridized carbons (Fsp3) is 0.143. The lowest BCUT2D eigenvalue weighted by molar-refractivity contribution is 0.0946. The van der Waals surface area contributed by atoms with Crippen molar-refractivity contribution in [2.45, 2.75) is 19.9 Å². The van der Waals surface area contributed by atoms with E-state index in [1.54, 1.807) is 12.1 Å². The summed E-state index contributed by atoms with van der Waals surface area (Å²) in [5.74, 6) is -0.207. The van der Waals surface area contributed by atoms with Crippen LogP contribution >= 0.6 is 11.3 Å². The molecule has 0 aliphatic heterocycles. The molecule has 0 aliphatic carbocycles. The van der Waals surface area contributed by atoms with Crippen LogP contribution in [0.5, 0.6) is 0 Å². The van der Waals surface area contributed by atoms with E-state index in [-0.39, 0.29) is 17.9 Å². The van der Waals surface area contributed by atoms with Gasteiger partial charge in [0.05, 0.1) is 4.88 Å². The van der Waals surface area contributed by atoms with Gasteiger partial charge < -0.3 is 10.6 Å². The number of carbonyl (C=O) groups is 2. The Kier molecular flexibility index (Phi) is 5.49. The fourth-order valence-electron chi connectivity index (χ4n) is 2.46. The van der Waals surface area contributed by atoms with Gasteiger partial charge in [0.25, 0.3) is 11.8 Å². The minimum Gasteiger partial charge on any atom is -0.349 e. The quantitative estimate of drug-likeness (QED) is 0.683. The van der Waals surface area contributed by atoms with Crippen LogP contribution in [0.4, 0.5) is 5.69 Å².